The SMILES string of the molecule is CCCCCCCCCCCCCCCCCCCCCCCCCCCC(=O)N[C@@H](CO)[C@H](O)[C@H](O)CCCCCCCCCCC. The summed E-state index contributed by atoms with van der Waals surface area (Å²) in [5.41, 5.74) is 0. The van der Waals surface area contributed by atoms with Gasteiger partial charge in [0.05, 0.1) is 18.8 Å². The summed E-state index contributed by atoms with van der Waals surface area (Å²) in [6, 6.07) is -0.801. The van der Waals surface area contributed by atoms with E-state index in [2.05, 4.69) is 19.2 Å². The van der Waals surface area contributed by atoms with Gasteiger partial charge in [0.25, 0.3) is 0 Å². The average molecular weight is 682 g/mol. The van der Waals surface area contributed by atoms with E-state index in [-0.39, 0.29) is 12.5 Å². The quantitative estimate of drug-likeness (QED) is 0.0485. The van der Waals surface area contributed by atoms with Crippen LogP contribution in [0.3, 0.4) is 0 Å². The number of carbonyl (C=O) groups excluding carboxylic acids is 1. The number of carbonyl (C=O) groups is 1. The molecule has 0 fully saturated rings. The van der Waals surface area contributed by atoms with Gasteiger partial charge in [-0.15, -0.1) is 0 Å². The van der Waals surface area contributed by atoms with Gasteiger partial charge in [0.1, 0.15) is 6.10 Å². The Kier molecular flexibility index (Phi) is 38.6. The lowest BCUT2D eigenvalue weighted by atomic mass is 9.99. The van der Waals surface area contributed by atoms with Crippen LogP contribution in [0.4, 0.5) is 0 Å². The highest BCUT2D eigenvalue weighted by molar-refractivity contribution is 5.76. The van der Waals surface area contributed by atoms with Crippen LogP contribution in [0.2, 0.25) is 0 Å². The summed E-state index contributed by atoms with van der Waals surface area (Å²) in [5.74, 6) is -0.141. The molecule has 48 heavy (non-hydrogen) atoms. The Bertz CT molecular complexity index is 630. The van der Waals surface area contributed by atoms with E-state index in [1.807, 2.05) is 0 Å². The molecule has 0 radical (unpaired) electrons. The van der Waals surface area contributed by atoms with Crippen molar-refractivity contribution in [3.05, 3.63) is 0 Å². The molecule has 0 saturated carbocycles. The lowest BCUT2D eigenvalue weighted by Gasteiger charge is -2.26. The van der Waals surface area contributed by atoms with Gasteiger partial charge < -0.3 is 20.6 Å². The van der Waals surface area contributed by atoms with Crippen LogP contribution < -0.4 is 5.32 Å². The van der Waals surface area contributed by atoms with E-state index in [9.17, 15) is 20.1 Å². The summed E-state index contributed by atoms with van der Waals surface area (Å²) in [6.45, 7) is 4.17. The van der Waals surface area contributed by atoms with Gasteiger partial charge in [-0.3, -0.25) is 4.79 Å². The minimum Gasteiger partial charge on any atom is -0.394 e. The molecule has 5 heteroatoms. The molecule has 0 aromatic rings. The molecule has 3 atom stereocenters. The van der Waals surface area contributed by atoms with Crippen molar-refractivity contribution in [2.75, 3.05) is 6.61 Å². The molecule has 0 aliphatic rings. The lowest BCUT2D eigenvalue weighted by Crippen LogP contribution is -2.50. The zero-order valence-corrected chi connectivity index (χ0v) is 32.6. The van der Waals surface area contributed by atoms with Crippen LogP contribution in [0, 0.1) is 0 Å². The van der Waals surface area contributed by atoms with Gasteiger partial charge in [0.15, 0.2) is 0 Å². The Morgan fingerprint density at radius 2 is 0.708 bits per heavy atom. The predicted molar refractivity (Wildman–Crippen MR) is 209 cm³/mol. The molecule has 5 nitrogen and oxygen atoms in total. The standard InChI is InChI=1S/C43H87NO4/c1-3-5-7-9-11-13-14-15-16-17-18-19-20-21-22-23-24-25-26-27-28-30-32-34-36-38-42(47)44-40(39-45)43(48)41(46)37-35-33-31-29-12-10-8-6-4-2/h40-41,43,45-46,48H,3-39H2,1-2H3,(H,44,47)/t40-,41+,43-/m0/s1. The highest BCUT2D eigenvalue weighted by Gasteiger charge is 2.26. The Morgan fingerprint density at radius 1 is 0.438 bits per heavy atom. The molecular formula is C43H87NO4. The zero-order chi connectivity index (χ0) is 35.2. The van der Waals surface area contributed by atoms with Crippen molar-refractivity contribution in [1.82, 2.24) is 5.32 Å². The number of amides is 1. The first kappa shape index (κ1) is 47.4. The zero-order valence-electron chi connectivity index (χ0n) is 32.6. The molecule has 0 saturated heterocycles. The van der Waals surface area contributed by atoms with E-state index in [4.69, 9.17) is 0 Å². The molecule has 0 aliphatic carbocycles. The van der Waals surface area contributed by atoms with Crippen molar-refractivity contribution >= 4 is 5.91 Å². The van der Waals surface area contributed by atoms with E-state index in [1.165, 1.54) is 180 Å². The van der Waals surface area contributed by atoms with Gasteiger partial charge in [-0.2, -0.15) is 0 Å². The third-order valence-corrected chi connectivity index (χ3v) is 10.5. The number of nitrogens with one attached hydrogen (secondary N) is 1. The van der Waals surface area contributed by atoms with Gasteiger partial charge >= 0.3 is 0 Å². The molecule has 0 bridgehead atoms. The average Bonchev–Trinajstić information content (AvgIpc) is 3.09. The van der Waals surface area contributed by atoms with E-state index >= 15 is 0 Å². The third-order valence-electron chi connectivity index (χ3n) is 10.5. The largest absolute Gasteiger partial charge is 0.394 e. The van der Waals surface area contributed by atoms with Crippen LogP contribution in [0.25, 0.3) is 0 Å². The number of hydrogen-bond donors (Lipinski definition) is 4. The lowest BCUT2D eigenvalue weighted by molar-refractivity contribution is -0.124. The first-order chi connectivity index (χ1) is 23.6. The number of hydrogen-bond acceptors (Lipinski definition) is 4. The first-order valence-electron chi connectivity index (χ1n) is 21.8. The highest BCUT2D eigenvalue weighted by Crippen LogP contribution is 2.17. The Morgan fingerprint density at radius 3 is 1.00 bits per heavy atom. The van der Waals surface area contributed by atoms with Crippen LogP contribution in [0.15, 0.2) is 0 Å². The van der Waals surface area contributed by atoms with Crippen molar-refractivity contribution in [1.29, 1.82) is 0 Å². The van der Waals surface area contributed by atoms with Gasteiger partial charge in [0.2, 0.25) is 5.91 Å². The number of aliphatic hydroxyl groups excluding tert-OH is 3. The van der Waals surface area contributed by atoms with E-state index < -0.39 is 18.2 Å². The van der Waals surface area contributed by atoms with Gasteiger partial charge in [0, 0.05) is 6.42 Å². The summed E-state index contributed by atoms with van der Waals surface area (Å²) >= 11 is 0. The van der Waals surface area contributed by atoms with Crippen molar-refractivity contribution < 1.29 is 20.1 Å². The minimum atomic E-state index is -1.13. The third kappa shape index (κ3) is 33.8. The molecule has 4 N–H and O–H groups in total. The molecule has 0 spiro atoms. The fourth-order valence-corrected chi connectivity index (χ4v) is 7.05. The maximum absolute atomic E-state index is 12.4. The summed E-state index contributed by atoms with van der Waals surface area (Å²) in [7, 11) is 0. The maximum Gasteiger partial charge on any atom is 0.220 e. The topological polar surface area (TPSA) is 89.8 Å². The highest BCUT2D eigenvalue weighted by atomic mass is 16.3. The second kappa shape index (κ2) is 39.1. The Labute approximate surface area is 300 Å². The van der Waals surface area contributed by atoms with Crippen molar-refractivity contribution in [3.63, 3.8) is 0 Å². The molecule has 288 valence electrons. The monoisotopic (exact) mass is 682 g/mol. The summed E-state index contributed by atoms with van der Waals surface area (Å²) < 4.78 is 0. The fraction of sp³-hybridized carbons (Fsp3) is 0.977. The molecule has 1 amide bonds. The number of unbranched alkanes of at least 4 members (excludes halogenated alkanes) is 32. The van der Waals surface area contributed by atoms with E-state index in [0.29, 0.717) is 12.8 Å². The molecular weight excluding hydrogens is 594 g/mol. The van der Waals surface area contributed by atoms with Crippen molar-refractivity contribution in [3.8, 4) is 0 Å². The molecule has 0 heterocycles. The normalized spacial score (nSPS) is 13.5. The molecule has 0 unspecified atom stereocenters. The smallest absolute Gasteiger partial charge is 0.220 e. The summed E-state index contributed by atoms with van der Waals surface area (Å²) in [6.07, 6.45) is 43.7. The van der Waals surface area contributed by atoms with Gasteiger partial charge in [-0.25, -0.2) is 0 Å². The van der Waals surface area contributed by atoms with Gasteiger partial charge in [-0.05, 0) is 12.8 Å². The maximum atomic E-state index is 12.4. The Balaban J connectivity index is 3.48. The predicted octanol–water partition coefficient (Wildman–Crippen LogP) is 12.3. The second-order valence-corrected chi connectivity index (χ2v) is 15.3. The number of rotatable bonds is 40. The first-order valence-corrected chi connectivity index (χ1v) is 21.8. The van der Waals surface area contributed by atoms with Crippen molar-refractivity contribution in [2.24, 2.45) is 0 Å². The van der Waals surface area contributed by atoms with Crippen LogP contribution in [-0.2, 0) is 4.79 Å². The fourth-order valence-electron chi connectivity index (χ4n) is 7.05. The van der Waals surface area contributed by atoms with Gasteiger partial charge in [-0.1, -0.05) is 226 Å². The second-order valence-electron chi connectivity index (χ2n) is 15.3. The minimum absolute atomic E-state index is 0.141. The molecule has 0 rings (SSSR count). The van der Waals surface area contributed by atoms with E-state index in [0.717, 1.165) is 38.5 Å². The van der Waals surface area contributed by atoms with Crippen LogP contribution in [-0.4, -0.2) is 46.1 Å². The van der Waals surface area contributed by atoms with Crippen LogP contribution in [0.5, 0.6) is 0 Å². The van der Waals surface area contributed by atoms with Crippen molar-refractivity contribution in [2.45, 2.75) is 263 Å². The Hall–Kier alpha value is -0.650. The number of aliphatic hydroxyl groups is 3. The molecule has 0 aliphatic heterocycles. The molecule has 0 aromatic heterocycles. The van der Waals surface area contributed by atoms with E-state index in [1.54, 1.807) is 0 Å². The van der Waals surface area contributed by atoms with Crippen LogP contribution in [0.1, 0.15) is 245 Å². The molecule has 0 aromatic carbocycles. The summed E-state index contributed by atoms with van der Waals surface area (Å²) in [5, 5.41) is 33.3. The summed E-state index contributed by atoms with van der Waals surface area (Å²) in [4.78, 5) is 12.4. The van der Waals surface area contributed by atoms with Crippen LogP contribution >= 0.6 is 0 Å².